The van der Waals surface area contributed by atoms with Crippen molar-refractivity contribution >= 4 is 35.4 Å². The number of rotatable bonds is 13. The third-order valence-electron chi connectivity index (χ3n) is 5.95. The summed E-state index contributed by atoms with van der Waals surface area (Å²) in [5, 5.41) is 2.93. The van der Waals surface area contributed by atoms with Crippen LogP contribution < -0.4 is 15.8 Å². The lowest BCUT2D eigenvalue weighted by Crippen LogP contribution is -2.10. The van der Waals surface area contributed by atoms with E-state index in [1.807, 2.05) is 0 Å². The number of alkyl halides is 3. The largest absolute Gasteiger partial charge is 0.463 e. The molecule has 0 aromatic heterocycles. The van der Waals surface area contributed by atoms with Gasteiger partial charge in [-0.05, 0) is 91.9 Å². The number of nitrogens with two attached hydrogens (primary N) is 1. The standard InChI is InChI=1S/C31H31F3N2O6/c1-36-26-19-23(18-25(35)20-26)29(38)41-17-5-3-2-4-16-40-28(37)15-8-21-6-13-27(14-7-21)42-30(39)22-9-11-24(12-10-22)31(32,33)34/h6-15,18-20,36H,2-5,16-17,35H2,1H3/b15-8+. The monoisotopic (exact) mass is 584 g/mol. The number of ether oxygens (including phenoxy) is 3. The molecule has 0 saturated carbocycles. The van der Waals surface area contributed by atoms with E-state index in [2.05, 4.69) is 5.32 Å². The first-order valence-corrected chi connectivity index (χ1v) is 13.1. The van der Waals surface area contributed by atoms with Crippen LogP contribution in [0.3, 0.4) is 0 Å². The molecule has 3 rings (SSSR count). The first kappa shape index (κ1) is 31.7. The van der Waals surface area contributed by atoms with Crippen LogP contribution in [0.2, 0.25) is 0 Å². The molecule has 0 radical (unpaired) electrons. The highest BCUT2D eigenvalue weighted by Gasteiger charge is 2.30. The van der Waals surface area contributed by atoms with Crippen molar-refractivity contribution in [2.45, 2.75) is 31.9 Å². The van der Waals surface area contributed by atoms with Crippen molar-refractivity contribution in [2.75, 3.05) is 31.3 Å². The molecule has 0 amide bonds. The number of carbonyl (C=O) groups excluding carboxylic acids is 3. The smallest absolute Gasteiger partial charge is 0.416 e. The maximum absolute atomic E-state index is 12.7. The number of anilines is 2. The molecule has 0 saturated heterocycles. The minimum Gasteiger partial charge on any atom is -0.463 e. The Kier molecular flexibility index (Phi) is 11.5. The number of benzene rings is 3. The SMILES string of the molecule is CNc1cc(N)cc(C(=O)OCCCCCCOC(=O)/C=C/c2ccc(OC(=O)c3ccc(C(F)(F)F)cc3)cc2)c1. The van der Waals surface area contributed by atoms with Gasteiger partial charge in [-0.3, -0.25) is 0 Å². The predicted octanol–water partition coefficient (Wildman–Crippen LogP) is 6.52. The molecule has 0 heterocycles. The molecule has 8 nitrogen and oxygen atoms in total. The van der Waals surface area contributed by atoms with Crippen LogP contribution in [0.1, 0.15) is 57.5 Å². The van der Waals surface area contributed by atoms with E-state index < -0.39 is 29.6 Å². The van der Waals surface area contributed by atoms with E-state index in [1.54, 1.807) is 37.4 Å². The van der Waals surface area contributed by atoms with Gasteiger partial charge in [-0.15, -0.1) is 0 Å². The minimum absolute atomic E-state index is 0.0180. The van der Waals surface area contributed by atoms with Crippen LogP contribution >= 0.6 is 0 Å². The van der Waals surface area contributed by atoms with Crippen molar-refractivity contribution in [3.05, 3.63) is 95.1 Å². The number of nitrogens with one attached hydrogen (secondary N) is 1. The second-order valence-electron chi connectivity index (χ2n) is 9.18. The highest BCUT2D eigenvalue weighted by molar-refractivity contribution is 5.92. The number of hydrogen-bond donors (Lipinski definition) is 2. The molecule has 42 heavy (non-hydrogen) atoms. The van der Waals surface area contributed by atoms with Crippen molar-refractivity contribution in [1.29, 1.82) is 0 Å². The molecular formula is C31H31F3N2O6. The van der Waals surface area contributed by atoms with E-state index >= 15 is 0 Å². The quantitative estimate of drug-likeness (QED) is 0.0767. The van der Waals surface area contributed by atoms with Gasteiger partial charge in [-0.2, -0.15) is 13.2 Å². The van der Waals surface area contributed by atoms with Crippen molar-refractivity contribution in [1.82, 2.24) is 0 Å². The lowest BCUT2D eigenvalue weighted by atomic mass is 10.1. The van der Waals surface area contributed by atoms with Crippen molar-refractivity contribution in [2.24, 2.45) is 0 Å². The molecule has 0 bridgehead atoms. The zero-order valence-electron chi connectivity index (χ0n) is 22.9. The van der Waals surface area contributed by atoms with Crippen LogP contribution in [-0.4, -0.2) is 38.2 Å². The normalized spacial score (nSPS) is 11.2. The van der Waals surface area contributed by atoms with E-state index in [-0.39, 0.29) is 24.5 Å². The molecule has 0 unspecified atom stereocenters. The van der Waals surface area contributed by atoms with Crippen LogP contribution in [-0.2, 0) is 20.4 Å². The van der Waals surface area contributed by atoms with Crippen LogP contribution in [0, 0.1) is 0 Å². The van der Waals surface area contributed by atoms with Crippen molar-refractivity contribution in [3.8, 4) is 5.75 Å². The Balaban J connectivity index is 1.29. The van der Waals surface area contributed by atoms with Gasteiger partial charge in [0.1, 0.15) is 5.75 Å². The molecule has 0 spiro atoms. The summed E-state index contributed by atoms with van der Waals surface area (Å²) in [6.07, 6.45) is 1.26. The number of carbonyl (C=O) groups is 3. The first-order chi connectivity index (χ1) is 20.0. The fourth-order valence-electron chi connectivity index (χ4n) is 3.71. The highest BCUT2D eigenvalue weighted by Crippen LogP contribution is 2.29. The Morgan fingerprint density at radius 2 is 1.45 bits per heavy atom. The topological polar surface area (TPSA) is 117 Å². The minimum atomic E-state index is -4.49. The van der Waals surface area contributed by atoms with Gasteiger partial charge in [0.2, 0.25) is 0 Å². The Hall–Kier alpha value is -4.80. The number of unbranched alkanes of at least 4 members (excludes halogenated alkanes) is 3. The van der Waals surface area contributed by atoms with Gasteiger partial charge in [-0.1, -0.05) is 12.1 Å². The average Bonchev–Trinajstić information content (AvgIpc) is 2.97. The average molecular weight is 585 g/mol. The van der Waals surface area contributed by atoms with E-state index in [0.29, 0.717) is 29.7 Å². The molecule has 3 N–H and O–H groups in total. The number of nitrogen functional groups attached to an aromatic ring is 1. The number of hydrogen-bond acceptors (Lipinski definition) is 8. The summed E-state index contributed by atoms with van der Waals surface area (Å²) in [6.45, 7) is 0.524. The summed E-state index contributed by atoms with van der Waals surface area (Å²) in [7, 11) is 1.73. The van der Waals surface area contributed by atoms with Crippen molar-refractivity contribution < 1.29 is 41.8 Å². The summed E-state index contributed by atoms with van der Waals surface area (Å²) < 4.78 is 53.7. The second kappa shape index (κ2) is 15.3. The predicted molar refractivity (Wildman–Crippen MR) is 152 cm³/mol. The highest BCUT2D eigenvalue weighted by atomic mass is 19.4. The van der Waals surface area contributed by atoms with Crippen LogP contribution in [0.15, 0.2) is 72.8 Å². The summed E-state index contributed by atoms with van der Waals surface area (Å²) >= 11 is 0. The molecule has 0 aliphatic rings. The van der Waals surface area contributed by atoms with Gasteiger partial charge in [-0.25, -0.2) is 14.4 Å². The zero-order chi connectivity index (χ0) is 30.5. The summed E-state index contributed by atoms with van der Waals surface area (Å²) in [6, 6.07) is 14.9. The van der Waals surface area contributed by atoms with Crippen LogP contribution in [0.25, 0.3) is 6.08 Å². The van der Waals surface area contributed by atoms with Crippen LogP contribution in [0.4, 0.5) is 24.5 Å². The third-order valence-corrected chi connectivity index (χ3v) is 5.95. The Labute approximate surface area is 241 Å². The van der Waals surface area contributed by atoms with E-state index in [4.69, 9.17) is 19.9 Å². The third kappa shape index (κ3) is 10.3. The molecular weight excluding hydrogens is 553 g/mol. The van der Waals surface area contributed by atoms with E-state index in [1.165, 1.54) is 24.3 Å². The Bertz CT molecular complexity index is 1390. The molecule has 3 aromatic rings. The molecule has 0 aliphatic carbocycles. The van der Waals surface area contributed by atoms with Gasteiger partial charge < -0.3 is 25.3 Å². The number of esters is 3. The molecule has 222 valence electrons. The molecule has 11 heteroatoms. The summed E-state index contributed by atoms with van der Waals surface area (Å²) in [5.41, 5.74) is 7.14. The first-order valence-electron chi connectivity index (χ1n) is 13.1. The van der Waals surface area contributed by atoms with Gasteiger partial charge >= 0.3 is 24.1 Å². The molecule has 0 aliphatic heterocycles. The lowest BCUT2D eigenvalue weighted by Gasteiger charge is -2.08. The van der Waals surface area contributed by atoms with E-state index in [9.17, 15) is 27.6 Å². The number of halogens is 3. The molecule has 3 aromatic carbocycles. The maximum atomic E-state index is 12.7. The molecule has 0 fully saturated rings. The summed E-state index contributed by atoms with van der Waals surface area (Å²) in [5.74, 6) is -1.54. The zero-order valence-corrected chi connectivity index (χ0v) is 22.9. The van der Waals surface area contributed by atoms with Crippen LogP contribution in [0.5, 0.6) is 5.75 Å². The lowest BCUT2D eigenvalue weighted by molar-refractivity contribution is -0.138. The van der Waals surface area contributed by atoms with Crippen molar-refractivity contribution in [3.63, 3.8) is 0 Å². The molecule has 0 atom stereocenters. The van der Waals surface area contributed by atoms with Gasteiger partial charge in [0.05, 0.1) is 29.9 Å². The Morgan fingerprint density at radius 1 is 0.810 bits per heavy atom. The van der Waals surface area contributed by atoms with E-state index in [0.717, 1.165) is 42.8 Å². The van der Waals surface area contributed by atoms with Gasteiger partial charge in [0.25, 0.3) is 0 Å². The maximum Gasteiger partial charge on any atom is 0.416 e. The Morgan fingerprint density at radius 3 is 2.07 bits per heavy atom. The fourth-order valence-corrected chi connectivity index (χ4v) is 3.71. The van der Waals surface area contributed by atoms with Gasteiger partial charge in [0.15, 0.2) is 0 Å². The second-order valence-corrected chi connectivity index (χ2v) is 9.18. The fraction of sp³-hybridized carbons (Fsp3) is 0.258. The van der Waals surface area contributed by atoms with Gasteiger partial charge in [0, 0.05) is 24.5 Å². The summed E-state index contributed by atoms with van der Waals surface area (Å²) in [4.78, 5) is 36.3.